The summed E-state index contributed by atoms with van der Waals surface area (Å²) in [5, 5.41) is 7.41. The van der Waals surface area contributed by atoms with Gasteiger partial charge in [-0.15, -0.1) is 0 Å². The van der Waals surface area contributed by atoms with Crippen molar-refractivity contribution in [2.75, 3.05) is 6.61 Å². The van der Waals surface area contributed by atoms with Crippen molar-refractivity contribution >= 4 is 7.60 Å². The zero-order valence-corrected chi connectivity index (χ0v) is 9.70. The van der Waals surface area contributed by atoms with E-state index in [1.54, 1.807) is 0 Å². The van der Waals surface area contributed by atoms with E-state index in [0.717, 1.165) is 25.7 Å². The minimum absolute atomic E-state index is 0.272. The van der Waals surface area contributed by atoms with E-state index >= 15 is 0 Å². The third-order valence-electron chi connectivity index (χ3n) is 3.36. The quantitative estimate of drug-likeness (QED) is 0.429. The van der Waals surface area contributed by atoms with Crippen LogP contribution in [0.1, 0.15) is 38.5 Å². The molecule has 1 aliphatic carbocycles. The molecule has 1 atom stereocenters. The van der Waals surface area contributed by atoms with Crippen molar-refractivity contribution in [1.82, 2.24) is 0 Å². The number of hydrogen-bond donors (Lipinski definition) is 4. The summed E-state index contributed by atoms with van der Waals surface area (Å²) in [5.74, 6) is -0.272. The van der Waals surface area contributed by atoms with Crippen molar-refractivity contribution in [1.29, 1.82) is 0 Å². The Morgan fingerprint density at radius 2 is 1.67 bits per heavy atom. The molecular formula is C9H20NO4P. The third-order valence-corrected chi connectivity index (χ3v) is 4.95. The highest BCUT2D eigenvalue weighted by Gasteiger charge is 2.48. The SMILES string of the molecule is NC(CO)(C1CCCCCC1)P(=O)(O)O. The Morgan fingerprint density at radius 1 is 1.20 bits per heavy atom. The third kappa shape index (κ3) is 2.80. The van der Waals surface area contributed by atoms with Gasteiger partial charge in [0.15, 0.2) is 0 Å². The maximum absolute atomic E-state index is 11.3. The van der Waals surface area contributed by atoms with Gasteiger partial charge in [-0.25, -0.2) is 0 Å². The molecule has 1 aliphatic rings. The zero-order chi connectivity index (χ0) is 11.5. The molecule has 1 rings (SSSR count). The second-order valence-corrected chi connectivity index (χ2v) is 6.30. The maximum atomic E-state index is 11.3. The molecule has 6 heteroatoms. The largest absolute Gasteiger partial charge is 0.394 e. The van der Waals surface area contributed by atoms with E-state index in [1.165, 1.54) is 0 Å². The summed E-state index contributed by atoms with van der Waals surface area (Å²) in [6, 6.07) is 0. The van der Waals surface area contributed by atoms with Crippen LogP contribution in [0.3, 0.4) is 0 Å². The molecule has 5 nitrogen and oxygen atoms in total. The van der Waals surface area contributed by atoms with Crippen LogP contribution in [-0.2, 0) is 4.57 Å². The molecule has 0 bridgehead atoms. The van der Waals surface area contributed by atoms with E-state index in [2.05, 4.69) is 0 Å². The van der Waals surface area contributed by atoms with Crippen molar-refractivity contribution in [3.8, 4) is 0 Å². The normalized spacial score (nSPS) is 24.5. The Kier molecular flexibility index (Phi) is 4.32. The van der Waals surface area contributed by atoms with Gasteiger partial charge in [-0.3, -0.25) is 4.57 Å². The first-order valence-electron chi connectivity index (χ1n) is 5.37. The van der Waals surface area contributed by atoms with Crippen LogP contribution in [-0.4, -0.2) is 26.8 Å². The number of aliphatic hydroxyl groups is 1. The smallest absolute Gasteiger partial charge is 0.347 e. The van der Waals surface area contributed by atoms with Gasteiger partial charge in [-0.05, 0) is 18.8 Å². The zero-order valence-electron chi connectivity index (χ0n) is 8.80. The monoisotopic (exact) mass is 237 g/mol. The summed E-state index contributed by atoms with van der Waals surface area (Å²) < 4.78 is 11.3. The summed E-state index contributed by atoms with van der Waals surface area (Å²) in [5.41, 5.74) is 5.71. The van der Waals surface area contributed by atoms with E-state index in [9.17, 15) is 14.4 Å². The number of rotatable bonds is 3. The predicted molar refractivity (Wildman–Crippen MR) is 57.2 cm³/mol. The Morgan fingerprint density at radius 3 is 2.00 bits per heavy atom. The molecule has 0 aromatic carbocycles. The first-order chi connectivity index (χ1) is 6.92. The van der Waals surface area contributed by atoms with Gasteiger partial charge < -0.3 is 20.6 Å². The van der Waals surface area contributed by atoms with Gasteiger partial charge in [0, 0.05) is 0 Å². The lowest BCUT2D eigenvalue weighted by Crippen LogP contribution is -2.50. The second kappa shape index (κ2) is 4.93. The Hall–Kier alpha value is 0.0700. The highest BCUT2D eigenvalue weighted by Crippen LogP contribution is 2.53. The lowest BCUT2D eigenvalue weighted by molar-refractivity contribution is 0.158. The lowest BCUT2D eigenvalue weighted by Gasteiger charge is -2.35. The summed E-state index contributed by atoms with van der Waals surface area (Å²) in [6.07, 6.45) is 5.43. The van der Waals surface area contributed by atoms with Crippen LogP contribution >= 0.6 is 7.60 Å². The first-order valence-corrected chi connectivity index (χ1v) is 6.98. The van der Waals surface area contributed by atoms with Crippen LogP contribution in [0.15, 0.2) is 0 Å². The minimum Gasteiger partial charge on any atom is -0.394 e. The van der Waals surface area contributed by atoms with Crippen molar-refractivity contribution in [2.45, 2.75) is 43.8 Å². The molecule has 1 fully saturated rings. The van der Waals surface area contributed by atoms with Gasteiger partial charge in [-0.1, -0.05) is 25.7 Å². The van der Waals surface area contributed by atoms with E-state index in [1.807, 2.05) is 0 Å². The molecular weight excluding hydrogens is 217 g/mol. The van der Waals surface area contributed by atoms with Crippen molar-refractivity contribution < 1.29 is 19.5 Å². The Labute approximate surface area is 89.8 Å². The number of aliphatic hydroxyl groups excluding tert-OH is 1. The summed E-state index contributed by atoms with van der Waals surface area (Å²) in [6.45, 7) is -0.651. The summed E-state index contributed by atoms with van der Waals surface area (Å²) in [7, 11) is -4.45. The molecule has 15 heavy (non-hydrogen) atoms. The van der Waals surface area contributed by atoms with Crippen LogP contribution in [0.5, 0.6) is 0 Å². The van der Waals surface area contributed by atoms with E-state index in [4.69, 9.17) is 10.8 Å². The number of nitrogens with two attached hydrogens (primary N) is 1. The molecule has 0 heterocycles. The fourth-order valence-electron chi connectivity index (χ4n) is 2.24. The van der Waals surface area contributed by atoms with E-state index in [-0.39, 0.29) is 5.92 Å². The van der Waals surface area contributed by atoms with Crippen molar-refractivity contribution in [2.24, 2.45) is 11.7 Å². The van der Waals surface area contributed by atoms with Gasteiger partial charge in [0.25, 0.3) is 0 Å². The molecule has 0 aliphatic heterocycles. The van der Waals surface area contributed by atoms with Crippen LogP contribution in [0.25, 0.3) is 0 Å². The lowest BCUT2D eigenvalue weighted by atomic mass is 9.92. The van der Waals surface area contributed by atoms with Gasteiger partial charge in [-0.2, -0.15) is 0 Å². The molecule has 0 radical (unpaired) electrons. The molecule has 0 aromatic heterocycles. The summed E-state index contributed by atoms with van der Waals surface area (Å²) in [4.78, 5) is 18.4. The fourth-order valence-corrected chi connectivity index (χ4v) is 3.16. The second-order valence-electron chi connectivity index (χ2n) is 4.38. The standard InChI is InChI=1S/C9H20NO4P/c10-9(7-11,15(12,13)14)8-5-3-1-2-4-6-8/h8,11H,1-7,10H2,(H2,12,13,14). The molecule has 0 saturated heterocycles. The molecule has 5 N–H and O–H groups in total. The minimum atomic E-state index is -4.45. The van der Waals surface area contributed by atoms with Crippen molar-refractivity contribution in [3.05, 3.63) is 0 Å². The highest BCUT2D eigenvalue weighted by molar-refractivity contribution is 7.53. The molecule has 1 saturated carbocycles. The molecule has 0 aromatic rings. The molecule has 0 amide bonds. The van der Waals surface area contributed by atoms with Gasteiger partial charge in [0.05, 0.1) is 6.61 Å². The average molecular weight is 237 g/mol. The van der Waals surface area contributed by atoms with E-state index < -0.39 is 19.5 Å². The van der Waals surface area contributed by atoms with Crippen LogP contribution in [0.2, 0.25) is 0 Å². The highest BCUT2D eigenvalue weighted by atomic mass is 31.2. The first kappa shape index (κ1) is 13.1. The average Bonchev–Trinajstić information content (AvgIpc) is 2.43. The Bertz CT molecular complexity index is 246. The topological polar surface area (TPSA) is 104 Å². The molecule has 90 valence electrons. The van der Waals surface area contributed by atoms with Crippen molar-refractivity contribution in [3.63, 3.8) is 0 Å². The van der Waals surface area contributed by atoms with Crippen LogP contribution < -0.4 is 5.73 Å². The van der Waals surface area contributed by atoms with Gasteiger partial charge >= 0.3 is 7.60 Å². The fraction of sp³-hybridized carbons (Fsp3) is 1.00. The maximum Gasteiger partial charge on any atom is 0.347 e. The molecule has 1 unspecified atom stereocenters. The summed E-state index contributed by atoms with van der Waals surface area (Å²) >= 11 is 0. The van der Waals surface area contributed by atoms with E-state index in [0.29, 0.717) is 12.8 Å². The number of hydrogen-bond acceptors (Lipinski definition) is 3. The Balaban J connectivity index is 2.84. The van der Waals surface area contributed by atoms with Crippen LogP contribution in [0, 0.1) is 5.92 Å². The van der Waals surface area contributed by atoms with Gasteiger partial charge in [0.2, 0.25) is 0 Å². The predicted octanol–water partition coefficient (Wildman–Crippen LogP) is 0.782. The van der Waals surface area contributed by atoms with Gasteiger partial charge in [0.1, 0.15) is 5.28 Å². The van der Waals surface area contributed by atoms with Crippen LogP contribution in [0.4, 0.5) is 0 Å². The molecule has 0 spiro atoms.